The zero-order chi connectivity index (χ0) is 9.31. The summed E-state index contributed by atoms with van der Waals surface area (Å²) in [6, 6.07) is 1.82. The molecule has 4 heteroatoms. The summed E-state index contributed by atoms with van der Waals surface area (Å²) in [6.07, 6.45) is 3.51. The predicted octanol–water partition coefficient (Wildman–Crippen LogP) is 0.702. The van der Waals surface area contributed by atoms with Gasteiger partial charge in [0.15, 0.2) is 0 Å². The molecule has 0 amide bonds. The Balaban J connectivity index is 2.01. The highest BCUT2D eigenvalue weighted by molar-refractivity contribution is 5.36. The molecule has 1 aliphatic heterocycles. The second-order valence-electron chi connectivity index (χ2n) is 3.56. The molecule has 0 aliphatic carbocycles. The Hall–Kier alpha value is -1.16. The molecule has 2 rings (SSSR count). The maximum Gasteiger partial charge on any atom is 0.225 e. The smallest absolute Gasteiger partial charge is 0.225 e. The summed E-state index contributed by atoms with van der Waals surface area (Å²) in [5.74, 6) is 0.789. The second-order valence-corrected chi connectivity index (χ2v) is 3.56. The molecule has 1 aromatic rings. The summed E-state index contributed by atoms with van der Waals surface area (Å²) < 4.78 is 5.33. The first-order chi connectivity index (χ1) is 6.23. The quantitative estimate of drug-likeness (QED) is 0.670. The highest BCUT2D eigenvalue weighted by Crippen LogP contribution is 2.26. The van der Waals surface area contributed by atoms with Crippen LogP contribution in [0.15, 0.2) is 18.5 Å². The van der Waals surface area contributed by atoms with Gasteiger partial charge < -0.3 is 9.64 Å². The minimum Gasteiger partial charge on any atom is -0.375 e. The van der Waals surface area contributed by atoms with Gasteiger partial charge in [-0.1, -0.05) is 0 Å². The van der Waals surface area contributed by atoms with E-state index in [4.69, 9.17) is 4.74 Å². The van der Waals surface area contributed by atoms with Crippen molar-refractivity contribution in [2.75, 3.05) is 25.1 Å². The zero-order valence-corrected chi connectivity index (χ0v) is 7.90. The summed E-state index contributed by atoms with van der Waals surface area (Å²) in [5, 5.41) is 0. The van der Waals surface area contributed by atoms with Crippen LogP contribution < -0.4 is 4.90 Å². The lowest BCUT2D eigenvalue weighted by molar-refractivity contribution is -0.0175. The molecular formula is C9H13N3O. The van der Waals surface area contributed by atoms with Crippen molar-refractivity contribution in [1.29, 1.82) is 0 Å². The van der Waals surface area contributed by atoms with Crippen LogP contribution in [0.4, 0.5) is 5.95 Å². The molecule has 0 atom stereocenters. The molecule has 0 N–H and O–H groups in total. The number of rotatable bonds is 2. The van der Waals surface area contributed by atoms with Crippen molar-refractivity contribution >= 4 is 5.95 Å². The number of methoxy groups -OCH3 is 1. The molecule has 1 fully saturated rings. The molecule has 1 aromatic heterocycles. The van der Waals surface area contributed by atoms with Crippen LogP contribution in [-0.2, 0) is 4.74 Å². The fourth-order valence-corrected chi connectivity index (χ4v) is 1.49. The van der Waals surface area contributed by atoms with Crippen molar-refractivity contribution in [1.82, 2.24) is 9.97 Å². The Morgan fingerprint density at radius 3 is 2.54 bits per heavy atom. The van der Waals surface area contributed by atoms with Gasteiger partial charge in [-0.25, -0.2) is 9.97 Å². The van der Waals surface area contributed by atoms with E-state index in [0.717, 1.165) is 19.0 Å². The van der Waals surface area contributed by atoms with Crippen molar-refractivity contribution in [2.45, 2.75) is 12.5 Å². The van der Waals surface area contributed by atoms with Crippen LogP contribution in [0.3, 0.4) is 0 Å². The molecule has 2 heterocycles. The lowest BCUT2D eigenvalue weighted by atomic mass is 9.97. The van der Waals surface area contributed by atoms with E-state index in [1.807, 2.05) is 6.07 Å². The first kappa shape index (κ1) is 8.44. The van der Waals surface area contributed by atoms with Crippen molar-refractivity contribution in [3.8, 4) is 0 Å². The third kappa shape index (κ3) is 1.49. The molecule has 1 aliphatic rings. The molecule has 0 unspecified atom stereocenters. The van der Waals surface area contributed by atoms with Gasteiger partial charge in [0, 0.05) is 19.5 Å². The molecule has 0 spiro atoms. The summed E-state index contributed by atoms with van der Waals surface area (Å²) in [4.78, 5) is 10.4. The van der Waals surface area contributed by atoms with Crippen LogP contribution in [0.25, 0.3) is 0 Å². The van der Waals surface area contributed by atoms with Crippen molar-refractivity contribution < 1.29 is 4.74 Å². The first-order valence-electron chi connectivity index (χ1n) is 4.31. The predicted molar refractivity (Wildman–Crippen MR) is 49.7 cm³/mol. The fourth-order valence-electron chi connectivity index (χ4n) is 1.49. The molecule has 1 saturated heterocycles. The van der Waals surface area contributed by atoms with Gasteiger partial charge in [0.25, 0.3) is 0 Å². The minimum absolute atomic E-state index is 0.0147. The number of aromatic nitrogens is 2. The fraction of sp³-hybridized carbons (Fsp3) is 0.556. The van der Waals surface area contributed by atoms with Crippen molar-refractivity contribution in [3.05, 3.63) is 18.5 Å². The van der Waals surface area contributed by atoms with Gasteiger partial charge in [0.05, 0.1) is 13.1 Å². The molecular weight excluding hydrogens is 166 g/mol. The van der Waals surface area contributed by atoms with Crippen LogP contribution in [0.1, 0.15) is 6.92 Å². The molecule has 4 nitrogen and oxygen atoms in total. The van der Waals surface area contributed by atoms with E-state index >= 15 is 0 Å². The third-order valence-corrected chi connectivity index (χ3v) is 2.38. The van der Waals surface area contributed by atoms with Gasteiger partial charge in [-0.15, -0.1) is 0 Å². The molecule has 70 valence electrons. The molecule has 13 heavy (non-hydrogen) atoms. The van der Waals surface area contributed by atoms with E-state index in [1.54, 1.807) is 19.5 Å². The number of hydrogen-bond donors (Lipinski definition) is 0. The van der Waals surface area contributed by atoms with E-state index in [2.05, 4.69) is 21.8 Å². The maximum absolute atomic E-state index is 5.33. The first-order valence-corrected chi connectivity index (χ1v) is 4.31. The second kappa shape index (κ2) is 2.96. The number of ether oxygens (including phenoxy) is 1. The van der Waals surface area contributed by atoms with Crippen LogP contribution in [0, 0.1) is 0 Å². The highest BCUT2D eigenvalue weighted by Gasteiger charge is 2.39. The lowest BCUT2D eigenvalue weighted by Gasteiger charge is -2.46. The maximum atomic E-state index is 5.33. The van der Waals surface area contributed by atoms with E-state index in [1.165, 1.54) is 0 Å². The summed E-state index contributed by atoms with van der Waals surface area (Å²) >= 11 is 0. The van der Waals surface area contributed by atoms with Gasteiger partial charge in [0.2, 0.25) is 5.95 Å². The summed E-state index contributed by atoms with van der Waals surface area (Å²) in [7, 11) is 1.74. The molecule has 0 saturated carbocycles. The van der Waals surface area contributed by atoms with Gasteiger partial charge in [0.1, 0.15) is 5.60 Å². The Labute approximate surface area is 77.6 Å². The summed E-state index contributed by atoms with van der Waals surface area (Å²) in [5.41, 5.74) is -0.0147. The molecule has 0 bridgehead atoms. The largest absolute Gasteiger partial charge is 0.375 e. The van der Waals surface area contributed by atoms with E-state index in [-0.39, 0.29) is 5.60 Å². The van der Waals surface area contributed by atoms with E-state index in [9.17, 15) is 0 Å². The molecule has 0 aromatic carbocycles. The number of hydrogen-bond acceptors (Lipinski definition) is 4. The van der Waals surface area contributed by atoms with Crippen LogP contribution in [0.2, 0.25) is 0 Å². The Kier molecular flexibility index (Phi) is 1.92. The Morgan fingerprint density at radius 1 is 1.38 bits per heavy atom. The van der Waals surface area contributed by atoms with Gasteiger partial charge >= 0.3 is 0 Å². The van der Waals surface area contributed by atoms with Crippen molar-refractivity contribution in [3.63, 3.8) is 0 Å². The summed E-state index contributed by atoms with van der Waals surface area (Å²) in [6.45, 7) is 3.83. The van der Waals surface area contributed by atoms with E-state index in [0.29, 0.717) is 0 Å². The monoisotopic (exact) mass is 179 g/mol. The van der Waals surface area contributed by atoms with E-state index < -0.39 is 0 Å². The Bertz CT molecular complexity index is 282. The molecule has 0 radical (unpaired) electrons. The van der Waals surface area contributed by atoms with Crippen LogP contribution >= 0.6 is 0 Å². The average Bonchev–Trinajstić information content (AvgIpc) is 2.14. The standard InChI is InChI=1S/C9H13N3O/c1-9(13-2)6-12(7-9)8-10-4-3-5-11-8/h3-5H,6-7H2,1-2H3. The lowest BCUT2D eigenvalue weighted by Crippen LogP contribution is -2.61. The van der Waals surface area contributed by atoms with Crippen LogP contribution in [-0.4, -0.2) is 35.8 Å². The third-order valence-electron chi connectivity index (χ3n) is 2.38. The zero-order valence-electron chi connectivity index (χ0n) is 7.90. The SMILES string of the molecule is COC1(C)CN(c2ncccn2)C1. The van der Waals surface area contributed by atoms with Gasteiger partial charge in [-0.05, 0) is 13.0 Å². The topological polar surface area (TPSA) is 38.2 Å². The normalized spacial score (nSPS) is 19.7. The number of anilines is 1. The average molecular weight is 179 g/mol. The number of nitrogens with zero attached hydrogens (tertiary/aromatic N) is 3. The van der Waals surface area contributed by atoms with Gasteiger partial charge in [-0.3, -0.25) is 0 Å². The van der Waals surface area contributed by atoms with Crippen LogP contribution in [0.5, 0.6) is 0 Å². The van der Waals surface area contributed by atoms with Crippen molar-refractivity contribution in [2.24, 2.45) is 0 Å². The highest BCUT2D eigenvalue weighted by atomic mass is 16.5. The minimum atomic E-state index is -0.0147. The van der Waals surface area contributed by atoms with Gasteiger partial charge in [-0.2, -0.15) is 0 Å². The Morgan fingerprint density at radius 2 is 2.00 bits per heavy atom.